The van der Waals surface area contributed by atoms with Gasteiger partial charge < -0.3 is 14.8 Å². The van der Waals surface area contributed by atoms with Gasteiger partial charge in [-0.1, -0.05) is 18.2 Å². The Balaban J connectivity index is 2.08. The third-order valence-corrected chi connectivity index (χ3v) is 4.08. The van der Waals surface area contributed by atoms with Crippen molar-refractivity contribution in [1.29, 1.82) is 0 Å². The highest BCUT2D eigenvalue weighted by atomic mass is 19.1. The highest BCUT2D eigenvalue weighted by Crippen LogP contribution is 2.29. The van der Waals surface area contributed by atoms with E-state index in [1.165, 1.54) is 13.2 Å². The van der Waals surface area contributed by atoms with Crippen molar-refractivity contribution < 1.29 is 18.7 Å². The lowest BCUT2D eigenvalue weighted by Gasteiger charge is -2.24. The third kappa shape index (κ3) is 4.70. The van der Waals surface area contributed by atoms with Gasteiger partial charge in [0.1, 0.15) is 17.3 Å². The van der Waals surface area contributed by atoms with Gasteiger partial charge in [-0.15, -0.1) is 0 Å². The summed E-state index contributed by atoms with van der Waals surface area (Å²) in [6.45, 7) is 2.10. The van der Waals surface area contributed by atoms with E-state index < -0.39 is 6.04 Å². The van der Waals surface area contributed by atoms with Gasteiger partial charge in [0.25, 0.3) is 0 Å². The number of nitrogens with one attached hydrogen (secondary N) is 1. The molecular weight excluding hydrogens is 323 g/mol. The van der Waals surface area contributed by atoms with Gasteiger partial charge >= 0.3 is 0 Å². The quantitative estimate of drug-likeness (QED) is 0.836. The van der Waals surface area contributed by atoms with E-state index in [4.69, 9.17) is 9.47 Å². The summed E-state index contributed by atoms with van der Waals surface area (Å²) in [6, 6.07) is 11.2. The van der Waals surface area contributed by atoms with Gasteiger partial charge in [-0.2, -0.15) is 0 Å². The van der Waals surface area contributed by atoms with Crippen molar-refractivity contribution in [3.8, 4) is 11.5 Å². The number of carbonyl (C=O) groups is 1. The average Bonchev–Trinajstić information content (AvgIpc) is 2.62. The maximum absolute atomic E-state index is 13.8. The van der Waals surface area contributed by atoms with Crippen LogP contribution in [0, 0.1) is 5.82 Å². The Labute approximate surface area is 147 Å². The Kier molecular flexibility index (Phi) is 6.36. The lowest BCUT2D eigenvalue weighted by Crippen LogP contribution is -2.39. The van der Waals surface area contributed by atoms with Crippen molar-refractivity contribution in [3.63, 3.8) is 0 Å². The van der Waals surface area contributed by atoms with Crippen LogP contribution in [0.2, 0.25) is 0 Å². The maximum atomic E-state index is 13.8. The molecule has 2 rings (SSSR count). The van der Waals surface area contributed by atoms with Gasteiger partial charge in [0.15, 0.2) is 0 Å². The first kappa shape index (κ1) is 18.7. The number of benzene rings is 2. The van der Waals surface area contributed by atoms with Crippen molar-refractivity contribution in [2.24, 2.45) is 0 Å². The molecule has 2 aromatic carbocycles. The molecule has 5 nitrogen and oxygen atoms in total. The van der Waals surface area contributed by atoms with E-state index in [1.54, 1.807) is 62.4 Å². The molecule has 1 unspecified atom stereocenters. The van der Waals surface area contributed by atoms with Gasteiger partial charge in [-0.25, -0.2) is 4.39 Å². The fraction of sp³-hybridized carbons (Fsp3) is 0.316. The first-order valence-corrected chi connectivity index (χ1v) is 7.92. The van der Waals surface area contributed by atoms with E-state index in [2.05, 4.69) is 5.32 Å². The smallest absolute Gasteiger partial charge is 0.241 e. The van der Waals surface area contributed by atoms with Crippen LogP contribution in [0.3, 0.4) is 0 Å². The molecule has 134 valence electrons. The number of anilines is 1. The fourth-order valence-corrected chi connectivity index (χ4v) is 2.38. The fourth-order valence-electron chi connectivity index (χ4n) is 2.38. The Morgan fingerprint density at radius 2 is 1.92 bits per heavy atom. The molecule has 1 N–H and O–H groups in total. The Morgan fingerprint density at radius 3 is 2.56 bits per heavy atom. The Bertz CT molecular complexity index is 736. The topological polar surface area (TPSA) is 50.8 Å². The molecule has 0 radical (unpaired) electrons. The van der Waals surface area contributed by atoms with Crippen LogP contribution in [-0.2, 0) is 11.3 Å². The van der Waals surface area contributed by atoms with Gasteiger partial charge in [0, 0.05) is 18.2 Å². The molecular formula is C19H23FN2O3. The number of rotatable bonds is 7. The summed E-state index contributed by atoms with van der Waals surface area (Å²) in [5.74, 6) is 0.656. The lowest BCUT2D eigenvalue weighted by molar-refractivity contribution is -0.120. The summed E-state index contributed by atoms with van der Waals surface area (Å²) >= 11 is 0. The molecule has 0 saturated heterocycles. The van der Waals surface area contributed by atoms with Crippen LogP contribution in [-0.4, -0.2) is 38.1 Å². The average molecular weight is 346 g/mol. The van der Waals surface area contributed by atoms with Crippen molar-refractivity contribution >= 4 is 11.6 Å². The largest absolute Gasteiger partial charge is 0.497 e. The summed E-state index contributed by atoms with van der Waals surface area (Å²) in [7, 11) is 4.86. The summed E-state index contributed by atoms with van der Waals surface area (Å²) in [6.07, 6.45) is 0. The molecule has 1 atom stereocenters. The minimum Gasteiger partial charge on any atom is -0.497 e. The zero-order valence-corrected chi connectivity index (χ0v) is 14.9. The van der Waals surface area contributed by atoms with E-state index in [9.17, 15) is 9.18 Å². The SMILES string of the molecule is COc1ccc(OC)c(NC(=O)C(C)N(C)Cc2ccccc2F)c1. The Hall–Kier alpha value is -2.60. The molecule has 0 aliphatic heterocycles. The van der Waals surface area contributed by atoms with Crippen LogP contribution >= 0.6 is 0 Å². The van der Waals surface area contributed by atoms with Crippen LogP contribution in [0.4, 0.5) is 10.1 Å². The van der Waals surface area contributed by atoms with Crippen LogP contribution in [0.1, 0.15) is 12.5 Å². The number of hydrogen-bond donors (Lipinski definition) is 1. The minimum absolute atomic E-state index is 0.217. The molecule has 6 heteroatoms. The molecule has 0 aliphatic carbocycles. The minimum atomic E-state index is -0.462. The van der Waals surface area contributed by atoms with E-state index in [-0.39, 0.29) is 11.7 Å². The van der Waals surface area contributed by atoms with Gasteiger partial charge in [0.2, 0.25) is 5.91 Å². The van der Waals surface area contributed by atoms with Crippen LogP contribution in [0.25, 0.3) is 0 Å². The number of methoxy groups -OCH3 is 2. The van der Waals surface area contributed by atoms with E-state index in [0.29, 0.717) is 29.3 Å². The first-order chi connectivity index (χ1) is 12.0. The van der Waals surface area contributed by atoms with Crippen molar-refractivity contribution in [2.75, 3.05) is 26.6 Å². The highest BCUT2D eigenvalue weighted by Gasteiger charge is 2.20. The van der Waals surface area contributed by atoms with Crippen molar-refractivity contribution in [3.05, 3.63) is 53.8 Å². The first-order valence-electron chi connectivity index (χ1n) is 7.92. The van der Waals surface area contributed by atoms with Crippen molar-refractivity contribution in [1.82, 2.24) is 4.90 Å². The standard InChI is InChI=1S/C19H23FN2O3/c1-13(22(2)12-14-7-5-6-8-16(14)20)19(23)21-17-11-15(24-3)9-10-18(17)25-4/h5-11,13H,12H2,1-4H3,(H,21,23). The summed E-state index contributed by atoms with van der Waals surface area (Å²) in [5.41, 5.74) is 1.07. The second-order valence-corrected chi connectivity index (χ2v) is 5.74. The highest BCUT2D eigenvalue weighted by molar-refractivity contribution is 5.96. The monoisotopic (exact) mass is 346 g/mol. The lowest BCUT2D eigenvalue weighted by atomic mass is 10.1. The molecule has 0 bridgehead atoms. The van der Waals surface area contributed by atoms with E-state index >= 15 is 0 Å². The third-order valence-electron chi connectivity index (χ3n) is 4.08. The van der Waals surface area contributed by atoms with Crippen LogP contribution in [0.15, 0.2) is 42.5 Å². The molecule has 0 fully saturated rings. The number of nitrogens with zero attached hydrogens (tertiary/aromatic N) is 1. The molecule has 0 aliphatic rings. The molecule has 1 amide bonds. The zero-order chi connectivity index (χ0) is 18.4. The van der Waals surface area contributed by atoms with Gasteiger partial charge in [-0.05, 0) is 32.2 Å². The van der Waals surface area contributed by atoms with Gasteiger partial charge in [-0.3, -0.25) is 9.69 Å². The van der Waals surface area contributed by atoms with Crippen LogP contribution < -0.4 is 14.8 Å². The molecule has 25 heavy (non-hydrogen) atoms. The molecule has 2 aromatic rings. The van der Waals surface area contributed by atoms with Crippen molar-refractivity contribution in [2.45, 2.75) is 19.5 Å². The van der Waals surface area contributed by atoms with Gasteiger partial charge in [0.05, 0.1) is 25.9 Å². The number of amides is 1. The van der Waals surface area contributed by atoms with E-state index in [0.717, 1.165) is 0 Å². The molecule has 0 heterocycles. The predicted octanol–water partition coefficient (Wildman–Crippen LogP) is 3.30. The number of ether oxygens (including phenoxy) is 2. The molecule has 0 saturated carbocycles. The number of halogens is 1. The normalized spacial score (nSPS) is 11.9. The maximum Gasteiger partial charge on any atom is 0.241 e. The number of hydrogen-bond acceptors (Lipinski definition) is 4. The summed E-state index contributed by atoms with van der Waals surface area (Å²) in [5, 5.41) is 2.84. The summed E-state index contributed by atoms with van der Waals surface area (Å²) < 4.78 is 24.2. The zero-order valence-electron chi connectivity index (χ0n) is 14.9. The predicted molar refractivity (Wildman–Crippen MR) is 95.5 cm³/mol. The number of likely N-dealkylation sites (N-methyl/N-ethyl adjacent to an activating group) is 1. The molecule has 0 aromatic heterocycles. The molecule has 0 spiro atoms. The second-order valence-electron chi connectivity index (χ2n) is 5.74. The second kappa shape index (κ2) is 8.48. The summed E-state index contributed by atoms with van der Waals surface area (Å²) in [4.78, 5) is 14.3. The van der Waals surface area contributed by atoms with Crippen LogP contribution in [0.5, 0.6) is 11.5 Å². The Morgan fingerprint density at radius 1 is 1.20 bits per heavy atom. The number of carbonyl (C=O) groups excluding carboxylic acids is 1. The van der Waals surface area contributed by atoms with E-state index in [1.807, 2.05) is 0 Å².